The molecule has 0 fully saturated rings. The molecule has 0 saturated carbocycles. The van der Waals surface area contributed by atoms with E-state index in [0.717, 1.165) is 22.2 Å². The fourth-order valence-electron chi connectivity index (χ4n) is 3.55. The molecule has 0 radical (unpaired) electrons. The van der Waals surface area contributed by atoms with Crippen LogP contribution in [0, 0.1) is 0 Å². The molecule has 0 bridgehead atoms. The number of aromatic amines is 1. The maximum atomic E-state index is 10.2. The number of phenols is 1. The molecule has 2 nitrogen and oxygen atoms in total. The first-order valence-corrected chi connectivity index (χ1v) is 8.03. The molecule has 114 valence electrons. The number of fused-ring (bicyclic) bond motifs is 5. The van der Waals surface area contributed by atoms with Gasteiger partial charge in [-0.05, 0) is 40.6 Å². The van der Waals surface area contributed by atoms with E-state index in [1.807, 2.05) is 24.3 Å². The highest BCUT2D eigenvalue weighted by Gasteiger charge is 2.10. The summed E-state index contributed by atoms with van der Waals surface area (Å²) in [5, 5.41) is 15.0. The zero-order valence-corrected chi connectivity index (χ0v) is 13.0. The van der Waals surface area contributed by atoms with Gasteiger partial charge >= 0.3 is 0 Å². The van der Waals surface area contributed by atoms with E-state index >= 15 is 0 Å². The second-order valence-electron chi connectivity index (χ2n) is 6.11. The van der Waals surface area contributed by atoms with Gasteiger partial charge in [-0.25, -0.2) is 0 Å². The fourth-order valence-corrected chi connectivity index (χ4v) is 3.55. The van der Waals surface area contributed by atoms with Gasteiger partial charge in [-0.15, -0.1) is 0 Å². The van der Waals surface area contributed by atoms with E-state index in [0.29, 0.717) is 5.75 Å². The van der Waals surface area contributed by atoms with Gasteiger partial charge in [0.15, 0.2) is 0 Å². The second kappa shape index (κ2) is 4.87. The Morgan fingerprint density at radius 3 is 2.38 bits per heavy atom. The normalized spacial score (nSPS) is 11.5. The van der Waals surface area contributed by atoms with Crippen LogP contribution in [0.3, 0.4) is 0 Å². The number of hydrogen-bond acceptors (Lipinski definition) is 1. The lowest BCUT2D eigenvalue weighted by atomic mass is 9.97. The zero-order chi connectivity index (χ0) is 16.1. The summed E-state index contributed by atoms with van der Waals surface area (Å²) in [4.78, 5) is 3.49. The molecule has 2 N–H and O–H groups in total. The molecule has 5 aromatic rings. The average molecular weight is 309 g/mol. The second-order valence-corrected chi connectivity index (χ2v) is 6.11. The number of aromatic nitrogens is 1. The van der Waals surface area contributed by atoms with Gasteiger partial charge in [0.05, 0.1) is 0 Å². The zero-order valence-electron chi connectivity index (χ0n) is 13.0. The molecule has 2 heteroatoms. The summed E-state index contributed by atoms with van der Waals surface area (Å²) < 4.78 is 0. The molecule has 1 aromatic heterocycles. The van der Waals surface area contributed by atoms with E-state index in [4.69, 9.17) is 0 Å². The van der Waals surface area contributed by atoms with Crippen molar-refractivity contribution in [2.24, 2.45) is 0 Å². The van der Waals surface area contributed by atoms with Gasteiger partial charge in [0.1, 0.15) is 5.75 Å². The highest BCUT2D eigenvalue weighted by Crippen LogP contribution is 2.36. The molecule has 0 aliphatic heterocycles. The monoisotopic (exact) mass is 309 g/mol. The number of nitrogens with one attached hydrogen (secondary N) is 1. The standard InChI is InChI=1S/C22H15NO/c24-21-8-4-2-5-16(21)15-10-9-14-11-12-20-22(18(14)13-15)17-6-1-3-7-19(17)23-20/h1-13,23-24H. The molecule has 0 aliphatic rings. The molecule has 0 spiro atoms. The molecule has 0 amide bonds. The molecule has 0 unspecified atom stereocenters. The first kappa shape index (κ1) is 13.2. The van der Waals surface area contributed by atoms with Crippen molar-refractivity contribution in [3.8, 4) is 16.9 Å². The van der Waals surface area contributed by atoms with Crippen LogP contribution in [0.2, 0.25) is 0 Å². The van der Waals surface area contributed by atoms with Crippen molar-refractivity contribution in [3.63, 3.8) is 0 Å². The number of phenolic OH excluding ortho intramolecular Hbond substituents is 1. The topological polar surface area (TPSA) is 36.0 Å². The highest BCUT2D eigenvalue weighted by molar-refractivity contribution is 6.20. The minimum Gasteiger partial charge on any atom is -0.507 e. The molecule has 24 heavy (non-hydrogen) atoms. The van der Waals surface area contributed by atoms with Crippen LogP contribution in [0.4, 0.5) is 0 Å². The third-order valence-electron chi connectivity index (χ3n) is 4.70. The number of aromatic hydroxyl groups is 1. The van der Waals surface area contributed by atoms with Gasteiger partial charge in [-0.2, -0.15) is 0 Å². The van der Waals surface area contributed by atoms with Crippen molar-refractivity contribution < 1.29 is 5.11 Å². The lowest BCUT2D eigenvalue weighted by Gasteiger charge is -2.07. The Morgan fingerprint density at radius 2 is 1.46 bits per heavy atom. The summed E-state index contributed by atoms with van der Waals surface area (Å²) in [6, 6.07) is 26.5. The highest BCUT2D eigenvalue weighted by atomic mass is 16.3. The van der Waals surface area contributed by atoms with Crippen molar-refractivity contribution in [2.45, 2.75) is 0 Å². The van der Waals surface area contributed by atoms with Crippen molar-refractivity contribution in [2.75, 3.05) is 0 Å². The maximum absolute atomic E-state index is 10.2. The fraction of sp³-hybridized carbons (Fsp3) is 0. The number of para-hydroxylation sites is 2. The minimum atomic E-state index is 0.308. The van der Waals surface area contributed by atoms with Crippen molar-refractivity contribution in [1.82, 2.24) is 4.98 Å². The molecular formula is C22H15NO. The van der Waals surface area contributed by atoms with E-state index in [9.17, 15) is 5.11 Å². The maximum Gasteiger partial charge on any atom is 0.123 e. The van der Waals surface area contributed by atoms with Gasteiger partial charge in [0.25, 0.3) is 0 Å². The lowest BCUT2D eigenvalue weighted by Crippen LogP contribution is -1.81. The van der Waals surface area contributed by atoms with Gasteiger partial charge in [-0.3, -0.25) is 0 Å². The summed E-state index contributed by atoms with van der Waals surface area (Å²) in [7, 11) is 0. The minimum absolute atomic E-state index is 0.308. The van der Waals surface area contributed by atoms with E-state index < -0.39 is 0 Å². The molecular weight excluding hydrogens is 294 g/mol. The van der Waals surface area contributed by atoms with Crippen LogP contribution in [0.15, 0.2) is 78.9 Å². The van der Waals surface area contributed by atoms with E-state index in [1.54, 1.807) is 6.07 Å². The molecule has 0 saturated heterocycles. The first-order valence-electron chi connectivity index (χ1n) is 8.03. The van der Waals surface area contributed by atoms with Gasteiger partial charge < -0.3 is 10.1 Å². The van der Waals surface area contributed by atoms with Crippen LogP contribution in [0.1, 0.15) is 0 Å². The largest absolute Gasteiger partial charge is 0.507 e. The van der Waals surface area contributed by atoms with Gasteiger partial charge in [-0.1, -0.05) is 54.6 Å². The summed E-state index contributed by atoms with van der Waals surface area (Å²) in [6.07, 6.45) is 0. The van der Waals surface area contributed by atoms with E-state index in [-0.39, 0.29) is 0 Å². The van der Waals surface area contributed by atoms with Crippen LogP contribution in [0.25, 0.3) is 43.7 Å². The number of rotatable bonds is 1. The predicted molar refractivity (Wildman–Crippen MR) is 100 cm³/mol. The quantitative estimate of drug-likeness (QED) is 0.400. The number of H-pyrrole nitrogens is 1. The molecule has 0 aliphatic carbocycles. The third kappa shape index (κ3) is 1.83. The first-order chi connectivity index (χ1) is 11.8. The van der Waals surface area contributed by atoms with Crippen molar-refractivity contribution in [3.05, 3.63) is 78.9 Å². The SMILES string of the molecule is Oc1ccccc1-c1ccc2ccc3[nH]c4ccccc4c3c2c1. The number of benzene rings is 4. The van der Waals surface area contributed by atoms with Crippen LogP contribution in [-0.2, 0) is 0 Å². The van der Waals surface area contributed by atoms with Crippen molar-refractivity contribution in [1.29, 1.82) is 0 Å². The van der Waals surface area contributed by atoms with Crippen LogP contribution in [-0.4, -0.2) is 10.1 Å². The summed E-state index contributed by atoms with van der Waals surface area (Å²) in [6.45, 7) is 0. The average Bonchev–Trinajstić information content (AvgIpc) is 3.01. The van der Waals surface area contributed by atoms with Crippen LogP contribution in [0.5, 0.6) is 5.75 Å². The molecule has 1 heterocycles. The van der Waals surface area contributed by atoms with E-state index in [1.165, 1.54) is 21.5 Å². The summed E-state index contributed by atoms with van der Waals surface area (Å²) in [5.41, 5.74) is 4.17. The summed E-state index contributed by atoms with van der Waals surface area (Å²) in [5.74, 6) is 0.308. The predicted octanol–water partition coefficient (Wildman–Crippen LogP) is 5.85. The Morgan fingerprint density at radius 1 is 0.667 bits per heavy atom. The van der Waals surface area contributed by atoms with E-state index in [2.05, 4.69) is 53.5 Å². The van der Waals surface area contributed by atoms with Crippen molar-refractivity contribution >= 4 is 32.6 Å². The Balaban J connectivity index is 1.91. The van der Waals surface area contributed by atoms with Gasteiger partial charge in [0.2, 0.25) is 0 Å². The van der Waals surface area contributed by atoms with Crippen LogP contribution < -0.4 is 0 Å². The number of hydrogen-bond donors (Lipinski definition) is 2. The molecule has 0 atom stereocenters. The Kier molecular flexibility index (Phi) is 2.68. The van der Waals surface area contributed by atoms with Gasteiger partial charge in [0, 0.05) is 27.4 Å². The van der Waals surface area contributed by atoms with Crippen LogP contribution >= 0.6 is 0 Å². The lowest BCUT2D eigenvalue weighted by molar-refractivity contribution is 0.477. The molecule has 5 rings (SSSR count). The third-order valence-corrected chi connectivity index (χ3v) is 4.70. The Bertz CT molecular complexity index is 1220. The Hall–Kier alpha value is -3.26. The smallest absolute Gasteiger partial charge is 0.123 e. The molecule has 4 aromatic carbocycles. The Labute approximate surface area is 139 Å². The summed E-state index contributed by atoms with van der Waals surface area (Å²) >= 11 is 0.